The third kappa shape index (κ3) is 3.94. The van der Waals surface area contributed by atoms with Gasteiger partial charge in [-0.15, -0.1) is 0 Å². The van der Waals surface area contributed by atoms with E-state index >= 15 is 0 Å². The van der Waals surface area contributed by atoms with Gasteiger partial charge in [-0.2, -0.15) is 0 Å². The predicted octanol–water partition coefficient (Wildman–Crippen LogP) is 3.26. The molecule has 1 heterocycles. The first-order valence-corrected chi connectivity index (χ1v) is 8.23. The second kappa shape index (κ2) is 7.30. The molecule has 3 rings (SSSR count). The Hall–Kier alpha value is -2.95. The minimum absolute atomic E-state index is 0.152. The number of nitrogens with zero attached hydrogens (tertiary/aromatic N) is 2. The molecule has 2 aromatic carbocycles. The van der Waals surface area contributed by atoms with Crippen molar-refractivity contribution in [2.75, 3.05) is 0 Å². The van der Waals surface area contributed by atoms with E-state index in [0.717, 1.165) is 5.56 Å². The molecular formula is C20H20N2O3. The highest BCUT2D eigenvalue weighted by molar-refractivity contribution is 5.77. The van der Waals surface area contributed by atoms with Crippen molar-refractivity contribution in [1.82, 2.24) is 9.55 Å². The van der Waals surface area contributed by atoms with Crippen LogP contribution in [0.1, 0.15) is 30.9 Å². The second-order valence-corrected chi connectivity index (χ2v) is 6.25. The zero-order valence-electron chi connectivity index (χ0n) is 14.3. The zero-order chi connectivity index (χ0) is 17.8. The molecule has 3 aromatic rings. The summed E-state index contributed by atoms with van der Waals surface area (Å²) >= 11 is 0. The zero-order valence-corrected chi connectivity index (χ0v) is 14.3. The molecule has 0 saturated heterocycles. The Morgan fingerprint density at radius 2 is 1.84 bits per heavy atom. The standard InChI is InChI=1S/C20H20N2O3/c1-14(2)16-9-7-15(8-10-16)12-25-19(23)11-22-13-21-18-6-4-3-5-17(18)20(22)24/h3-10,13-14H,11-12H2,1-2H3. The maximum atomic E-state index is 12.4. The lowest BCUT2D eigenvalue weighted by Gasteiger charge is -2.09. The van der Waals surface area contributed by atoms with E-state index in [1.54, 1.807) is 18.2 Å². The van der Waals surface area contributed by atoms with Gasteiger partial charge in [0, 0.05) is 0 Å². The fourth-order valence-electron chi connectivity index (χ4n) is 2.57. The van der Waals surface area contributed by atoms with Crippen molar-refractivity contribution in [1.29, 1.82) is 0 Å². The summed E-state index contributed by atoms with van der Waals surface area (Å²) in [5.41, 5.74) is 2.52. The first-order chi connectivity index (χ1) is 12.0. The number of hydrogen-bond acceptors (Lipinski definition) is 4. The molecule has 0 aliphatic heterocycles. The van der Waals surface area contributed by atoms with Crippen LogP contribution in [-0.2, 0) is 22.7 Å². The van der Waals surface area contributed by atoms with E-state index in [1.165, 1.54) is 16.5 Å². The van der Waals surface area contributed by atoms with Gasteiger partial charge in [0.2, 0.25) is 0 Å². The largest absolute Gasteiger partial charge is 0.459 e. The molecule has 128 valence electrons. The van der Waals surface area contributed by atoms with E-state index in [1.807, 2.05) is 30.3 Å². The van der Waals surface area contributed by atoms with Gasteiger partial charge in [0.1, 0.15) is 13.2 Å². The van der Waals surface area contributed by atoms with Gasteiger partial charge < -0.3 is 4.74 Å². The lowest BCUT2D eigenvalue weighted by atomic mass is 10.0. The normalized spacial score (nSPS) is 11.0. The molecule has 1 aromatic heterocycles. The lowest BCUT2D eigenvalue weighted by molar-refractivity contribution is -0.145. The fourth-order valence-corrected chi connectivity index (χ4v) is 2.57. The maximum absolute atomic E-state index is 12.4. The molecule has 0 aliphatic rings. The molecule has 5 heteroatoms. The van der Waals surface area contributed by atoms with Crippen molar-refractivity contribution in [2.24, 2.45) is 0 Å². The minimum Gasteiger partial charge on any atom is -0.459 e. The number of carbonyl (C=O) groups excluding carboxylic acids is 1. The Balaban J connectivity index is 1.65. The Bertz CT molecular complexity index is 943. The molecule has 0 unspecified atom stereocenters. The number of hydrogen-bond donors (Lipinski definition) is 0. The molecule has 0 saturated carbocycles. The van der Waals surface area contributed by atoms with E-state index in [9.17, 15) is 9.59 Å². The van der Waals surface area contributed by atoms with Crippen LogP contribution in [-0.4, -0.2) is 15.5 Å². The van der Waals surface area contributed by atoms with Crippen LogP contribution in [0.25, 0.3) is 10.9 Å². The van der Waals surface area contributed by atoms with Gasteiger partial charge >= 0.3 is 5.97 Å². The Morgan fingerprint density at radius 3 is 2.56 bits per heavy atom. The predicted molar refractivity (Wildman–Crippen MR) is 96.3 cm³/mol. The molecule has 0 spiro atoms. The number of aromatic nitrogens is 2. The van der Waals surface area contributed by atoms with Gasteiger partial charge in [-0.1, -0.05) is 50.2 Å². The van der Waals surface area contributed by atoms with Crippen LogP contribution < -0.4 is 5.56 Å². The summed E-state index contributed by atoms with van der Waals surface area (Å²) in [4.78, 5) is 28.6. The summed E-state index contributed by atoms with van der Waals surface area (Å²) in [7, 11) is 0. The van der Waals surface area contributed by atoms with E-state index in [0.29, 0.717) is 16.8 Å². The molecule has 0 radical (unpaired) electrons. The third-order valence-electron chi connectivity index (χ3n) is 4.08. The number of rotatable bonds is 5. The number of para-hydroxylation sites is 1. The van der Waals surface area contributed by atoms with Gasteiger partial charge in [0.05, 0.1) is 17.2 Å². The summed E-state index contributed by atoms with van der Waals surface area (Å²) in [6.45, 7) is 4.29. The number of fused-ring (bicyclic) bond motifs is 1. The van der Waals surface area contributed by atoms with Gasteiger partial charge in [-0.05, 0) is 29.2 Å². The van der Waals surface area contributed by atoms with Crippen molar-refractivity contribution in [3.05, 3.63) is 76.3 Å². The molecule has 0 amide bonds. The van der Waals surface area contributed by atoms with Crippen LogP contribution >= 0.6 is 0 Å². The van der Waals surface area contributed by atoms with Crippen LogP contribution in [0.15, 0.2) is 59.7 Å². The average Bonchev–Trinajstić information content (AvgIpc) is 2.63. The average molecular weight is 336 g/mol. The van der Waals surface area contributed by atoms with E-state index in [4.69, 9.17) is 4.74 Å². The van der Waals surface area contributed by atoms with Crippen molar-refractivity contribution in [2.45, 2.75) is 32.9 Å². The Kier molecular flexibility index (Phi) is 4.93. The number of carbonyl (C=O) groups is 1. The molecule has 0 atom stereocenters. The highest BCUT2D eigenvalue weighted by Crippen LogP contribution is 2.15. The highest BCUT2D eigenvalue weighted by atomic mass is 16.5. The molecular weight excluding hydrogens is 316 g/mol. The fraction of sp³-hybridized carbons (Fsp3) is 0.250. The van der Waals surface area contributed by atoms with Crippen LogP contribution in [0, 0.1) is 0 Å². The summed E-state index contributed by atoms with van der Waals surface area (Å²) in [6.07, 6.45) is 1.38. The summed E-state index contributed by atoms with van der Waals surface area (Å²) in [6, 6.07) is 15.0. The first kappa shape index (κ1) is 16.9. The monoisotopic (exact) mass is 336 g/mol. The highest BCUT2D eigenvalue weighted by Gasteiger charge is 2.09. The van der Waals surface area contributed by atoms with Crippen molar-refractivity contribution < 1.29 is 9.53 Å². The smallest absolute Gasteiger partial charge is 0.326 e. The first-order valence-electron chi connectivity index (χ1n) is 8.23. The van der Waals surface area contributed by atoms with Crippen LogP contribution in [0.4, 0.5) is 0 Å². The Morgan fingerprint density at radius 1 is 1.12 bits per heavy atom. The molecule has 0 bridgehead atoms. The van der Waals surface area contributed by atoms with Gasteiger partial charge in [-0.25, -0.2) is 4.98 Å². The van der Waals surface area contributed by atoms with Gasteiger partial charge in [0.15, 0.2) is 0 Å². The quantitative estimate of drug-likeness (QED) is 0.671. The second-order valence-electron chi connectivity index (χ2n) is 6.25. The number of ether oxygens (including phenoxy) is 1. The van der Waals surface area contributed by atoms with E-state index < -0.39 is 5.97 Å². The van der Waals surface area contributed by atoms with Gasteiger partial charge in [0.25, 0.3) is 5.56 Å². The van der Waals surface area contributed by atoms with E-state index in [2.05, 4.69) is 18.8 Å². The topological polar surface area (TPSA) is 61.2 Å². The molecule has 25 heavy (non-hydrogen) atoms. The van der Waals surface area contributed by atoms with E-state index in [-0.39, 0.29) is 18.7 Å². The SMILES string of the molecule is CC(C)c1ccc(COC(=O)Cn2cnc3ccccc3c2=O)cc1. The molecule has 0 N–H and O–H groups in total. The number of benzene rings is 2. The van der Waals surface area contributed by atoms with Crippen molar-refractivity contribution in [3.8, 4) is 0 Å². The summed E-state index contributed by atoms with van der Waals surface area (Å²) < 4.78 is 6.54. The maximum Gasteiger partial charge on any atom is 0.326 e. The molecule has 5 nitrogen and oxygen atoms in total. The van der Waals surface area contributed by atoms with Crippen LogP contribution in [0.3, 0.4) is 0 Å². The van der Waals surface area contributed by atoms with Gasteiger partial charge in [-0.3, -0.25) is 14.2 Å². The lowest BCUT2D eigenvalue weighted by Crippen LogP contribution is -2.25. The molecule has 0 fully saturated rings. The molecule has 0 aliphatic carbocycles. The number of esters is 1. The summed E-state index contributed by atoms with van der Waals surface area (Å²) in [5, 5.41) is 0.488. The van der Waals surface area contributed by atoms with Crippen LogP contribution in [0.2, 0.25) is 0 Å². The minimum atomic E-state index is -0.466. The van der Waals surface area contributed by atoms with Crippen molar-refractivity contribution >= 4 is 16.9 Å². The Labute approximate surface area is 145 Å². The van der Waals surface area contributed by atoms with Crippen molar-refractivity contribution in [3.63, 3.8) is 0 Å². The summed E-state index contributed by atoms with van der Waals surface area (Å²) in [5.74, 6) is -0.00371. The third-order valence-corrected chi connectivity index (χ3v) is 4.08. The van der Waals surface area contributed by atoms with Crippen LogP contribution in [0.5, 0.6) is 0 Å².